The van der Waals surface area contributed by atoms with E-state index in [0.717, 1.165) is 4.90 Å². The van der Waals surface area contributed by atoms with Gasteiger partial charge in [-0.1, -0.05) is 23.7 Å². The van der Waals surface area contributed by atoms with E-state index in [1.54, 1.807) is 68.4 Å². The molecule has 1 heterocycles. The minimum absolute atomic E-state index is 0.125. The van der Waals surface area contributed by atoms with E-state index >= 15 is 0 Å². The number of hydrogen-bond acceptors (Lipinski definition) is 7. The highest BCUT2D eigenvalue weighted by atomic mass is 35.5. The van der Waals surface area contributed by atoms with Gasteiger partial charge in [0.05, 0.1) is 24.5 Å². The first kappa shape index (κ1) is 26.4. The number of anilines is 3. The lowest BCUT2D eigenvalue weighted by Gasteiger charge is -2.16. The van der Waals surface area contributed by atoms with E-state index < -0.39 is 17.8 Å². The van der Waals surface area contributed by atoms with Crippen molar-refractivity contribution in [3.63, 3.8) is 0 Å². The predicted molar refractivity (Wildman–Crippen MR) is 143 cm³/mol. The van der Waals surface area contributed by atoms with Crippen LogP contribution in [0.15, 0.2) is 83.5 Å². The first-order chi connectivity index (χ1) is 18.2. The third-order valence-electron chi connectivity index (χ3n) is 5.45. The van der Waals surface area contributed by atoms with E-state index in [1.165, 1.54) is 25.3 Å². The first-order valence-electron chi connectivity index (χ1n) is 11.6. The average molecular weight is 534 g/mol. The number of rotatable bonds is 8. The Labute approximate surface area is 224 Å². The Kier molecular flexibility index (Phi) is 7.78. The maximum atomic E-state index is 13.1. The Morgan fingerprint density at radius 2 is 1.58 bits per heavy atom. The Morgan fingerprint density at radius 1 is 0.868 bits per heavy atom. The van der Waals surface area contributed by atoms with Gasteiger partial charge in [-0.2, -0.15) is 0 Å². The lowest BCUT2D eigenvalue weighted by molar-refractivity contribution is -0.120. The zero-order valence-electron chi connectivity index (χ0n) is 20.8. The molecule has 3 amide bonds. The summed E-state index contributed by atoms with van der Waals surface area (Å²) in [5.41, 5.74) is 1.63. The lowest BCUT2D eigenvalue weighted by Crippen LogP contribution is -2.32. The smallest absolute Gasteiger partial charge is 0.338 e. The van der Waals surface area contributed by atoms with Gasteiger partial charge in [-0.05, 0) is 68.4 Å². The molecular formula is C28H24ClN3O6. The Hall–Kier alpha value is -4.63. The molecule has 38 heavy (non-hydrogen) atoms. The summed E-state index contributed by atoms with van der Waals surface area (Å²) in [7, 11) is 1.54. The molecule has 0 fully saturated rings. The van der Waals surface area contributed by atoms with Crippen LogP contribution in [0.4, 0.5) is 17.1 Å². The SMILES string of the molecule is COc1cccc(NC(=O)c2ccc(NC3=C(Cl)C(=O)N(c4cccc(C(=O)OC(C)C)c4)C3=O)cc2)c1. The van der Waals surface area contributed by atoms with Gasteiger partial charge in [0.1, 0.15) is 16.5 Å². The van der Waals surface area contributed by atoms with Crippen molar-refractivity contribution in [2.45, 2.75) is 20.0 Å². The molecule has 1 aliphatic rings. The Morgan fingerprint density at radius 3 is 2.26 bits per heavy atom. The van der Waals surface area contributed by atoms with E-state index in [9.17, 15) is 19.2 Å². The van der Waals surface area contributed by atoms with Crippen molar-refractivity contribution in [1.29, 1.82) is 0 Å². The molecule has 9 nitrogen and oxygen atoms in total. The number of benzene rings is 3. The molecule has 0 atom stereocenters. The molecule has 194 valence electrons. The number of imide groups is 1. The van der Waals surface area contributed by atoms with Gasteiger partial charge in [0, 0.05) is 23.0 Å². The highest BCUT2D eigenvalue weighted by molar-refractivity contribution is 6.53. The summed E-state index contributed by atoms with van der Waals surface area (Å²) in [5.74, 6) is -1.72. The summed E-state index contributed by atoms with van der Waals surface area (Å²) in [4.78, 5) is 51.7. The van der Waals surface area contributed by atoms with Gasteiger partial charge in [0.25, 0.3) is 17.7 Å². The monoisotopic (exact) mass is 533 g/mol. The second-order valence-corrected chi connectivity index (χ2v) is 8.91. The van der Waals surface area contributed by atoms with Crippen molar-refractivity contribution < 1.29 is 28.7 Å². The zero-order valence-corrected chi connectivity index (χ0v) is 21.5. The quantitative estimate of drug-likeness (QED) is 0.311. The van der Waals surface area contributed by atoms with Gasteiger partial charge >= 0.3 is 5.97 Å². The first-order valence-corrected chi connectivity index (χ1v) is 12.0. The molecule has 3 aromatic rings. The van der Waals surface area contributed by atoms with Crippen molar-refractivity contribution in [2.75, 3.05) is 22.6 Å². The number of esters is 1. The number of methoxy groups -OCH3 is 1. The zero-order chi connectivity index (χ0) is 27.4. The fourth-order valence-electron chi connectivity index (χ4n) is 3.65. The van der Waals surface area contributed by atoms with Gasteiger partial charge in [-0.3, -0.25) is 14.4 Å². The van der Waals surface area contributed by atoms with E-state index in [4.69, 9.17) is 21.1 Å². The molecule has 4 rings (SSSR count). The van der Waals surface area contributed by atoms with Crippen LogP contribution in [0.5, 0.6) is 5.75 Å². The number of nitrogens with zero attached hydrogens (tertiary/aromatic N) is 1. The molecule has 1 aliphatic heterocycles. The second kappa shape index (κ2) is 11.2. The number of ether oxygens (including phenoxy) is 2. The predicted octanol–water partition coefficient (Wildman–Crippen LogP) is 4.95. The summed E-state index contributed by atoms with van der Waals surface area (Å²) < 4.78 is 10.4. The average Bonchev–Trinajstić information content (AvgIpc) is 3.11. The van der Waals surface area contributed by atoms with Crippen LogP contribution in [0.2, 0.25) is 0 Å². The molecule has 0 saturated carbocycles. The van der Waals surface area contributed by atoms with Crippen LogP contribution >= 0.6 is 11.6 Å². The Balaban J connectivity index is 1.47. The number of halogens is 1. The topological polar surface area (TPSA) is 114 Å². The van der Waals surface area contributed by atoms with Crippen molar-refractivity contribution in [3.05, 3.63) is 94.7 Å². The molecule has 0 aromatic heterocycles. The van der Waals surface area contributed by atoms with Crippen LogP contribution in [0.25, 0.3) is 0 Å². The van der Waals surface area contributed by atoms with Gasteiger partial charge in [-0.25, -0.2) is 9.69 Å². The number of hydrogen-bond donors (Lipinski definition) is 2. The molecule has 0 saturated heterocycles. The van der Waals surface area contributed by atoms with Crippen LogP contribution < -0.4 is 20.3 Å². The third-order valence-corrected chi connectivity index (χ3v) is 5.80. The van der Waals surface area contributed by atoms with Gasteiger partial charge < -0.3 is 20.1 Å². The van der Waals surface area contributed by atoms with Crippen LogP contribution in [-0.4, -0.2) is 36.9 Å². The van der Waals surface area contributed by atoms with Crippen LogP contribution in [0, 0.1) is 0 Å². The van der Waals surface area contributed by atoms with E-state index in [2.05, 4.69) is 10.6 Å². The highest BCUT2D eigenvalue weighted by Crippen LogP contribution is 2.31. The molecule has 10 heteroatoms. The summed E-state index contributed by atoms with van der Waals surface area (Å²) >= 11 is 6.23. The summed E-state index contributed by atoms with van der Waals surface area (Å²) in [6.07, 6.45) is -0.326. The van der Waals surface area contributed by atoms with Crippen molar-refractivity contribution in [3.8, 4) is 5.75 Å². The summed E-state index contributed by atoms with van der Waals surface area (Å²) in [6.45, 7) is 3.44. The van der Waals surface area contributed by atoms with Crippen molar-refractivity contribution in [2.24, 2.45) is 0 Å². The number of amides is 3. The standard InChI is InChI=1S/C28H24ClN3O6/c1-16(2)38-28(36)18-6-4-8-21(14-18)32-26(34)23(29)24(27(32)35)30-19-12-10-17(11-13-19)25(33)31-20-7-5-9-22(15-20)37-3/h4-16,30H,1-3H3,(H,31,33). The molecule has 0 unspecified atom stereocenters. The maximum Gasteiger partial charge on any atom is 0.338 e. The normalized spacial score (nSPS) is 13.1. The maximum absolute atomic E-state index is 13.1. The van der Waals surface area contributed by atoms with Crippen LogP contribution in [0.3, 0.4) is 0 Å². The minimum atomic E-state index is -0.733. The van der Waals surface area contributed by atoms with Crippen LogP contribution in [-0.2, 0) is 14.3 Å². The molecule has 0 aliphatic carbocycles. The fourth-order valence-corrected chi connectivity index (χ4v) is 3.87. The fraction of sp³-hybridized carbons (Fsp3) is 0.143. The summed E-state index contributed by atoms with van der Waals surface area (Å²) in [5, 5.41) is 5.34. The van der Waals surface area contributed by atoms with Crippen LogP contribution in [0.1, 0.15) is 34.6 Å². The number of nitrogens with one attached hydrogen (secondary N) is 2. The van der Waals surface area contributed by atoms with Gasteiger partial charge in [-0.15, -0.1) is 0 Å². The van der Waals surface area contributed by atoms with Crippen molar-refractivity contribution in [1.82, 2.24) is 0 Å². The molecule has 0 bridgehead atoms. The van der Waals surface area contributed by atoms with Crippen molar-refractivity contribution >= 4 is 52.4 Å². The second-order valence-electron chi connectivity index (χ2n) is 8.53. The molecule has 2 N–H and O–H groups in total. The van der Waals surface area contributed by atoms with E-state index in [0.29, 0.717) is 22.7 Å². The molecular weight excluding hydrogens is 510 g/mol. The molecule has 0 radical (unpaired) electrons. The third kappa shape index (κ3) is 5.68. The highest BCUT2D eigenvalue weighted by Gasteiger charge is 2.39. The largest absolute Gasteiger partial charge is 0.497 e. The van der Waals surface area contributed by atoms with E-state index in [1.807, 2.05) is 0 Å². The molecule has 3 aromatic carbocycles. The Bertz CT molecular complexity index is 1450. The summed E-state index contributed by atoms with van der Waals surface area (Å²) in [6, 6.07) is 19.2. The lowest BCUT2D eigenvalue weighted by atomic mass is 10.1. The number of carbonyl (C=O) groups excluding carboxylic acids is 4. The van der Waals surface area contributed by atoms with Gasteiger partial charge in [0.15, 0.2) is 0 Å². The van der Waals surface area contributed by atoms with Gasteiger partial charge in [0.2, 0.25) is 0 Å². The minimum Gasteiger partial charge on any atom is -0.497 e. The van der Waals surface area contributed by atoms with E-state index in [-0.39, 0.29) is 34.0 Å². The number of carbonyl (C=O) groups is 4. The molecule has 0 spiro atoms.